The van der Waals surface area contributed by atoms with Gasteiger partial charge < -0.3 is 4.74 Å². The number of anilines is 1. The summed E-state index contributed by atoms with van der Waals surface area (Å²) in [4.78, 5) is 29.3. The number of ether oxygens (including phenoxy) is 1. The fourth-order valence-electron chi connectivity index (χ4n) is 3.36. The second-order valence-corrected chi connectivity index (χ2v) is 9.93. The molecule has 0 saturated carbocycles. The van der Waals surface area contributed by atoms with Crippen LogP contribution in [0.1, 0.15) is 21.6 Å². The molecule has 0 atom stereocenters. The minimum Gasteiger partial charge on any atom is -0.456 e. The summed E-state index contributed by atoms with van der Waals surface area (Å²) in [6.07, 6.45) is 1.61. The average molecular weight is 498 g/mol. The number of nitrogens with zero attached hydrogens (tertiary/aromatic N) is 3. The minimum absolute atomic E-state index is 0.0502. The van der Waals surface area contributed by atoms with Crippen LogP contribution in [0.3, 0.4) is 0 Å². The molecule has 4 rings (SSSR count). The Morgan fingerprint density at radius 1 is 1.09 bits per heavy atom. The summed E-state index contributed by atoms with van der Waals surface area (Å²) in [6, 6.07) is 16.8. The summed E-state index contributed by atoms with van der Waals surface area (Å²) in [7, 11) is -2.56. The van der Waals surface area contributed by atoms with Crippen molar-refractivity contribution in [2.45, 2.75) is 18.4 Å². The zero-order valence-corrected chi connectivity index (χ0v) is 19.9. The van der Waals surface area contributed by atoms with Gasteiger partial charge in [-0.05, 0) is 55.0 Å². The van der Waals surface area contributed by atoms with Crippen LogP contribution in [0.2, 0.25) is 5.02 Å². The predicted octanol–water partition coefficient (Wildman–Crippen LogP) is 3.84. The summed E-state index contributed by atoms with van der Waals surface area (Å²) >= 11 is 5.98. The number of aromatic nitrogens is 2. The van der Waals surface area contributed by atoms with E-state index in [0.717, 1.165) is 9.87 Å². The van der Waals surface area contributed by atoms with Crippen LogP contribution in [0.4, 0.5) is 5.69 Å². The maximum Gasteiger partial charge on any atom is 0.338 e. The first kappa shape index (κ1) is 23.5. The van der Waals surface area contributed by atoms with Gasteiger partial charge in [-0.25, -0.2) is 18.2 Å². The van der Waals surface area contributed by atoms with E-state index >= 15 is 0 Å². The van der Waals surface area contributed by atoms with Crippen LogP contribution in [0.5, 0.6) is 0 Å². The molecule has 0 aliphatic rings. The number of halogens is 1. The van der Waals surface area contributed by atoms with Crippen LogP contribution in [-0.2, 0) is 21.4 Å². The SMILES string of the molecule is Cc1cccn2c(=O)cc(COC(=O)c3cccc(S(=O)(=O)N(C)c4cccc(Cl)c4)c3)nc12. The lowest BCUT2D eigenvalue weighted by molar-refractivity contribution is 0.0467. The number of rotatable bonds is 6. The van der Waals surface area contributed by atoms with E-state index in [9.17, 15) is 18.0 Å². The highest BCUT2D eigenvalue weighted by atomic mass is 35.5. The number of hydrogen-bond acceptors (Lipinski definition) is 6. The normalized spacial score (nSPS) is 11.4. The fraction of sp³-hybridized carbons (Fsp3) is 0.125. The first-order valence-electron chi connectivity index (χ1n) is 10.2. The highest BCUT2D eigenvalue weighted by Crippen LogP contribution is 2.25. The van der Waals surface area contributed by atoms with Crippen LogP contribution < -0.4 is 9.86 Å². The quantitative estimate of drug-likeness (QED) is 0.375. The van der Waals surface area contributed by atoms with Gasteiger partial charge in [-0.15, -0.1) is 0 Å². The van der Waals surface area contributed by atoms with Gasteiger partial charge in [0.2, 0.25) is 0 Å². The summed E-state index contributed by atoms with van der Waals surface area (Å²) < 4.78 is 34.0. The molecule has 0 aliphatic heterocycles. The molecule has 0 N–H and O–H groups in total. The monoisotopic (exact) mass is 497 g/mol. The van der Waals surface area contributed by atoms with Crippen molar-refractivity contribution in [1.82, 2.24) is 9.38 Å². The molecule has 2 aromatic carbocycles. The zero-order valence-electron chi connectivity index (χ0n) is 18.3. The Morgan fingerprint density at radius 3 is 2.62 bits per heavy atom. The number of fused-ring (bicyclic) bond motifs is 1. The first-order chi connectivity index (χ1) is 16.2. The van der Waals surface area contributed by atoms with E-state index in [1.165, 1.54) is 47.8 Å². The maximum atomic E-state index is 13.1. The van der Waals surface area contributed by atoms with Gasteiger partial charge in [0.05, 0.1) is 21.8 Å². The Bertz CT molecular complexity index is 1570. The lowest BCUT2D eigenvalue weighted by atomic mass is 10.2. The van der Waals surface area contributed by atoms with Crippen molar-refractivity contribution in [2.75, 3.05) is 11.4 Å². The van der Waals surface area contributed by atoms with Crippen molar-refractivity contribution in [3.05, 3.63) is 105 Å². The largest absolute Gasteiger partial charge is 0.456 e. The molecular weight excluding hydrogens is 478 g/mol. The average Bonchev–Trinajstić information content (AvgIpc) is 2.83. The van der Waals surface area contributed by atoms with Gasteiger partial charge in [-0.3, -0.25) is 13.5 Å². The van der Waals surface area contributed by atoms with Crippen LogP contribution in [0.25, 0.3) is 5.65 Å². The lowest BCUT2D eigenvalue weighted by Gasteiger charge is -2.20. The molecule has 0 unspecified atom stereocenters. The van der Waals surface area contributed by atoms with Gasteiger partial charge in [0.1, 0.15) is 12.3 Å². The van der Waals surface area contributed by atoms with E-state index in [4.69, 9.17) is 16.3 Å². The van der Waals surface area contributed by atoms with E-state index in [1.54, 1.807) is 30.5 Å². The molecule has 174 valence electrons. The molecule has 10 heteroatoms. The summed E-state index contributed by atoms with van der Waals surface area (Å²) in [5.41, 5.74) is 1.69. The number of hydrogen-bond donors (Lipinski definition) is 0. The molecule has 34 heavy (non-hydrogen) atoms. The van der Waals surface area contributed by atoms with Gasteiger partial charge in [0, 0.05) is 24.3 Å². The topological polar surface area (TPSA) is 98.0 Å². The standard InChI is InChI=1S/C24H20ClN3O5S/c1-16-6-5-11-28-22(29)14-19(26-23(16)28)15-33-24(30)17-7-3-10-21(12-17)34(31,32)27(2)20-9-4-8-18(25)13-20/h3-14H,15H2,1-2H3. The molecule has 8 nitrogen and oxygen atoms in total. The predicted molar refractivity (Wildman–Crippen MR) is 129 cm³/mol. The van der Waals surface area contributed by atoms with Crippen molar-refractivity contribution in [1.29, 1.82) is 0 Å². The van der Waals surface area contributed by atoms with Crippen LogP contribution in [0.15, 0.2) is 82.6 Å². The number of aryl methyl sites for hydroxylation is 1. The van der Waals surface area contributed by atoms with Crippen LogP contribution >= 0.6 is 11.6 Å². The van der Waals surface area contributed by atoms with Gasteiger partial charge >= 0.3 is 5.97 Å². The third-order valence-electron chi connectivity index (χ3n) is 5.19. The number of sulfonamides is 1. The third-order valence-corrected chi connectivity index (χ3v) is 7.21. The van der Waals surface area contributed by atoms with Crippen LogP contribution in [0, 0.1) is 6.92 Å². The molecule has 2 aromatic heterocycles. The van der Waals surface area contributed by atoms with Gasteiger partial charge in [-0.2, -0.15) is 0 Å². The second-order valence-electron chi connectivity index (χ2n) is 7.53. The van der Waals surface area contributed by atoms with Crippen molar-refractivity contribution >= 4 is 38.9 Å². The molecular formula is C24H20ClN3O5S. The zero-order chi connectivity index (χ0) is 24.5. The van der Waals surface area contributed by atoms with Crippen molar-refractivity contribution in [2.24, 2.45) is 0 Å². The third kappa shape index (κ3) is 4.66. The summed E-state index contributed by atoms with van der Waals surface area (Å²) in [5, 5.41) is 0.397. The van der Waals surface area contributed by atoms with Crippen molar-refractivity contribution in [3.63, 3.8) is 0 Å². The molecule has 0 bridgehead atoms. The maximum absolute atomic E-state index is 13.1. The first-order valence-corrected chi connectivity index (χ1v) is 12.0. The number of benzene rings is 2. The smallest absolute Gasteiger partial charge is 0.338 e. The molecule has 0 aliphatic carbocycles. The Labute approximate surface area is 201 Å². The van der Waals surface area contributed by atoms with E-state index in [-0.39, 0.29) is 28.3 Å². The van der Waals surface area contributed by atoms with E-state index in [2.05, 4.69) is 4.98 Å². The Kier molecular flexibility index (Phi) is 6.41. The molecule has 0 amide bonds. The number of carbonyl (C=O) groups excluding carboxylic acids is 1. The Balaban J connectivity index is 1.55. The van der Waals surface area contributed by atoms with Gasteiger partial charge in [-0.1, -0.05) is 29.8 Å². The Hall–Kier alpha value is -3.69. The number of carbonyl (C=O) groups is 1. The summed E-state index contributed by atoms with van der Waals surface area (Å²) in [5.74, 6) is -0.741. The Morgan fingerprint density at radius 2 is 1.85 bits per heavy atom. The molecule has 0 spiro atoms. The van der Waals surface area contributed by atoms with Gasteiger partial charge in [0.15, 0.2) is 0 Å². The van der Waals surface area contributed by atoms with E-state index in [0.29, 0.717) is 16.4 Å². The second kappa shape index (κ2) is 9.28. The van der Waals surface area contributed by atoms with E-state index < -0.39 is 16.0 Å². The minimum atomic E-state index is -3.96. The van der Waals surface area contributed by atoms with Gasteiger partial charge in [0.25, 0.3) is 15.6 Å². The molecule has 2 heterocycles. The highest BCUT2D eigenvalue weighted by Gasteiger charge is 2.23. The molecule has 0 saturated heterocycles. The number of pyridine rings is 1. The van der Waals surface area contributed by atoms with Crippen molar-refractivity contribution < 1.29 is 17.9 Å². The molecule has 4 aromatic rings. The highest BCUT2D eigenvalue weighted by molar-refractivity contribution is 7.92. The summed E-state index contributed by atoms with van der Waals surface area (Å²) in [6.45, 7) is 1.59. The van der Waals surface area contributed by atoms with Crippen molar-refractivity contribution in [3.8, 4) is 0 Å². The molecule has 0 radical (unpaired) electrons. The lowest BCUT2D eigenvalue weighted by Crippen LogP contribution is -2.26. The molecule has 0 fully saturated rings. The van der Waals surface area contributed by atoms with E-state index in [1.807, 2.05) is 13.0 Å². The number of esters is 1. The van der Waals surface area contributed by atoms with Crippen LogP contribution in [-0.4, -0.2) is 30.8 Å². The fourth-order valence-corrected chi connectivity index (χ4v) is 4.78.